The Balaban J connectivity index is 0.000000147. The predicted octanol–water partition coefficient (Wildman–Crippen LogP) is 3.41. The summed E-state index contributed by atoms with van der Waals surface area (Å²) in [4.78, 5) is 13.8. The summed E-state index contributed by atoms with van der Waals surface area (Å²) >= 11 is 0. The molecule has 0 aliphatic heterocycles. The molecular formula is C15H13N3O2. The molecule has 0 aliphatic rings. The maximum atomic E-state index is 10.1. The molecule has 20 heavy (non-hydrogen) atoms. The molecule has 0 bridgehead atoms. The molecule has 2 aromatic carbocycles. The van der Waals surface area contributed by atoms with Gasteiger partial charge in [0, 0.05) is 17.6 Å². The van der Waals surface area contributed by atoms with E-state index >= 15 is 0 Å². The molecule has 0 atom stereocenters. The molecule has 0 aliphatic carbocycles. The first-order chi connectivity index (χ1) is 9.68. The van der Waals surface area contributed by atoms with Crippen LogP contribution in [0.2, 0.25) is 0 Å². The van der Waals surface area contributed by atoms with E-state index in [0.29, 0.717) is 0 Å². The van der Waals surface area contributed by atoms with Gasteiger partial charge in [0.1, 0.15) is 5.69 Å². The number of anilines is 1. The summed E-state index contributed by atoms with van der Waals surface area (Å²) in [5.74, 6) is 0. The average molecular weight is 267 g/mol. The normalized spacial score (nSPS) is 9.60. The standard InChI is InChI=1S/C9H7N.C6H6N2O2/c1-2-6-9-8(4-1)5-3-7-10-9;7-5-3-1-2-4-6(5)8(9)10/h1-7H;1-4H,7H2. The van der Waals surface area contributed by atoms with Crippen molar-refractivity contribution in [1.82, 2.24) is 4.98 Å². The number of nitro groups is 1. The van der Waals surface area contributed by atoms with E-state index < -0.39 is 4.92 Å². The zero-order valence-electron chi connectivity index (χ0n) is 10.6. The Morgan fingerprint density at radius 2 is 1.60 bits per heavy atom. The Morgan fingerprint density at radius 3 is 2.25 bits per heavy atom. The lowest BCUT2D eigenvalue weighted by Crippen LogP contribution is -1.93. The fourth-order valence-corrected chi connectivity index (χ4v) is 1.67. The van der Waals surface area contributed by atoms with Gasteiger partial charge in [-0.1, -0.05) is 36.4 Å². The number of hydrogen-bond donors (Lipinski definition) is 1. The van der Waals surface area contributed by atoms with Gasteiger partial charge >= 0.3 is 0 Å². The second-order valence-corrected chi connectivity index (χ2v) is 4.01. The largest absolute Gasteiger partial charge is 0.393 e. The van der Waals surface area contributed by atoms with Gasteiger partial charge in [-0.3, -0.25) is 15.1 Å². The maximum Gasteiger partial charge on any atom is 0.292 e. The van der Waals surface area contributed by atoms with E-state index in [0.717, 1.165) is 5.52 Å². The third-order valence-electron chi connectivity index (χ3n) is 2.65. The number of aromatic nitrogens is 1. The Kier molecular flexibility index (Phi) is 4.24. The highest BCUT2D eigenvalue weighted by Gasteiger charge is 2.07. The molecule has 0 spiro atoms. The molecule has 0 amide bonds. The molecule has 0 fully saturated rings. The van der Waals surface area contributed by atoms with E-state index in [-0.39, 0.29) is 11.4 Å². The summed E-state index contributed by atoms with van der Waals surface area (Å²) in [6, 6.07) is 18.2. The molecular weight excluding hydrogens is 254 g/mol. The molecule has 0 radical (unpaired) electrons. The number of benzene rings is 2. The highest BCUT2D eigenvalue weighted by atomic mass is 16.6. The zero-order chi connectivity index (χ0) is 14.4. The van der Waals surface area contributed by atoms with Crippen LogP contribution in [0.25, 0.3) is 10.9 Å². The Bertz CT molecular complexity index is 663. The van der Waals surface area contributed by atoms with E-state index in [1.165, 1.54) is 17.5 Å². The van der Waals surface area contributed by atoms with Crippen molar-refractivity contribution in [2.75, 3.05) is 5.73 Å². The van der Waals surface area contributed by atoms with Crippen LogP contribution < -0.4 is 5.73 Å². The number of nitro benzene ring substituents is 1. The predicted molar refractivity (Wildman–Crippen MR) is 79.3 cm³/mol. The maximum absolute atomic E-state index is 10.1. The van der Waals surface area contributed by atoms with Crippen LogP contribution in [0.1, 0.15) is 0 Å². The van der Waals surface area contributed by atoms with Crippen molar-refractivity contribution in [1.29, 1.82) is 0 Å². The van der Waals surface area contributed by atoms with Crippen molar-refractivity contribution in [3.05, 3.63) is 77.0 Å². The lowest BCUT2D eigenvalue weighted by molar-refractivity contribution is -0.383. The Morgan fingerprint density at radius 1 is 0.950 bits per heavy atom. The lowest BCUT2D eigenvalue weighted by Gasteiger charge is -1.92. The van der Waals surface area contributed by atoms with Gasteiger partial charge in [0.2, 0.25) is 0 Å². The molecule has 1 heterocycles. The van der Waals surface area contributed by atoms with Crippen molar-refractivity contribution in [2.24, 2.45) is 0 Å². The zero-order valence-corrected chi connectivity index (χ0v) is 10.6. The number of fused-ring (bicyclic) bond motifs is 1. The van der Waals surface area contributed by atoms with Gasteiger partial charge in [0.15, 0.2) is 0 Å². The second-order valence-electron chi connectivity index (χ2n) is 4.01. The number of nitrogens with two attached hydrogens (primary N) is 1. The molecule has 2 N–H and O–H groups in total. The smallest absolute Gasteiger partial charge is 0.292 e. The summed E-state index contributed by atoms with van der Waals surface area (Å²) in [6.07, 6.45) is 1.81. The molecule has 1 aromatic heterocycles. The second kappa shape index (κ2) is 6.29. The van der Waals surface area contributed by atoms with E-state index in [2.05, 4.69) is 17.1 Å². The quantitative estimate of drug-likeness (QED) is 0.416. The van der Waals surface area contributed by atoms with Crippen molar-refractivity contribution >= 4 is 22.3 Å². The van der Waals surface area contributed by atoms with Crippen LogP contribution in [-0.4, -0.2) is 9.91 Å². The van der Waals surface area contributed by atoms with E-state index in [4.69, 9.17) is 5.73 Å². The van der Waals surface area contributed by atoms with Crippen molar-refractivity contribution in [3.63, 3.8) is 0 Å². The molecule has 100 valence electrons. The lowest BCUT2D eigenvalue weighted by atomic mass is 10.2. The minimum atomic E-state index is -0.505. The van der Waals surface area contributed by atoms with Crippen LogP contribution >= 0.6 is 0 Å². The van der Waals surface area contributed by atoms with Crippen LogP contribution in [0.5, 0.6) is 0 Å². The van der Waals surface area contributed by atoms with Gasteiger partial charge in [0.25, 0.3) is 5.69 Å². The van der Waals surface area contributed by atoms with E-state index in [1.807, 2.05) is 30.5 Å². The van der Waals surface area contributed by atoms with Gasteiger partial charge in [-0.25, -0.2) is 0 Å². The topological polar surface area (TPSA) is 82.0 Å². The summed E-state index contributed by atoms with van der Waals surface area (Å²) in [5, 5.41) is 11.3. The Labute approximate surface area is 115 Å². The van der Waals surface area contributed by atoms with Gasteiger partial charge in [0.05, 0.1) is 10.4 Å². The average Bonchev–Trinajstić information content (AvgIpc) is 2.48. The summed E-state index contributed by atoms with van der Waals surface area (Å²) in [5.41, 5.74) is 6.50. The Hall–Kier alpha value is -2.95. The SMILES string of the molecule is Nc1ccccc1[N+](=O)[O-].c1ccc2ncccc2c1. The van der Waals surface area contributed by atoms with Gasteiger partial charge in [-0.2, -0.15) is 0 Å². The van der Waals surface area contributed by atoms with Crippen molar-refractivity contribution < 1.29 is 4.92 Å². The molecule has 5 nitrogen and oxygen atoms in total. The monoisotopic (exact) mass is 267 g/mol. The van der Waals surface area contributed by atoms with Crippen LogP contribution in [0.3, 0.4) is 0 Å². The fraction of sp³-hybridized carbons (Fsp3) is 0. The molecule has 0 saturated heterocycles. The minimum absolute atomic E-state index is 0.0394. The molecule has 5 heteroatoms. The highest BCUT2D eigenvalue weighted by molar-refractivity contribution is 5.77. The van der Waals surface area contributed by atoms with Gasteiger partial charge in [-0.15, -0.1) is 0 Å². The van der Waals surface area contributed by atoms with E-state index in [9.17, 15) is 10.1 Å². The van der Waals surface area contributed by atoms with Crippen LogP contribution in [0.4, 0.5) is 11.4 Å². The molecule has 0 unspecified atom stereocenters. The molecule has 3 rings (SSSR count). The fourth-order valence-electron chi connectivity index (χ4n) is 1.67. The number of nitrogen functional groups attached to an aromatic ring is 1. The first-order valence-electron chi connectivity index (χ1n) is 5.97. The third-order valence-corrected chi connectivity index (χ3v) is 2.65. The number of hydrogen-bond acceptors (Lipinski definition) is 4. The van der Waals surface area contributed by atoms with Crippen molar-refractivity contribution in [3.8, 4) is 0 Å². The van der Waals surface area contributed by atoms with Gasteiger partial charge < -0.3 is 5.73 Å². The number of nitrogens with zero attached hydrogens (tertiary/aromatic N) is 2. The summed E-state index contributed by atoms with van der Waals surface area (Å²) in [7, 11) is 0. The first-order valence-corrected chi connectivity index (χ1v) is 5.97. The number of para-hydroxylation sites is 3. The molecule has 3 aromatic rings. The van der Waals surface area contributed by atoms with E-state index in [1.54, 1.807) is 12.1 Å². The number of pyridine rings is 1. The molecule has 0 saturated carbocycles. The first kappa shape index (κ1) is 13.5. The van der Waals surface area contributed by atoms with Crippen LogP contribution in [-0.2, 0) is 0 Å². The van der Waals surface area contributed by atoms with Crippen LogP contribution in [0.15, 0.2) is 66.9 Å². The minimum Gasteiger partial charge on any atom is -0.393 e. The summed E-state index contributed by atoms with van der Waals surface area (Å²) < 4.78 is 0. The third kappa shape index (κ3) is 3.29. The summed E-state index contributed by atoms with van der Waals surface area (Å²) in [6.45, 7) is 0. The van der Waals surface area contributed by atoms with Gasteiger partial charge in [-0.05, 0) is 18.2 Å². The van der Waals surface area contributed by atoms with Crippen molar-refractivity contribution in [2.45, 2.75) is 0 Å². The number of rotatable bonds is 1. The highest BCUT2D eigenvalue weighted by Crippen LogP contribution is 2.18. The van der Waals surface area contributed by atoms with Crippen LogP contribution in [0, 0.1) is 10.1 Å².